The van der Waals surface area contributed by atoms with Crippen molar-refractivity contribution in [2.24, 2.45) is 0 Å². The second-order valence-electron chi connectivity index (χ2n) is 5.85. The molecule has 0 aliphatic carbocycles. The summed E-state index contributed by atoms with van der Waals surface area (Å²) in [5, 5.41) is 14.8. The Labute approximate surface area is 140 Å². The topological polar surface area (TPSA) is 91.6 Å². The monoisotopic (exact) mass is 330 g/mol. The number of aliphatic hydroxyl groups excluding tert-OH is 1. The van der Waals surface area contributed by atoms with Crippen LogP contribution < -0.4 is 10.6 Å². The highest BCUT2D eigenvalue weighted by Crippen LogP contribution is 2.17. The second kappa shape index (κ2) is 7.79. The smallest absolute Gasteiger partial charge is 0.291 e. The molecular weight excluding hydrogens is 308 g/mol. The van der Waals surface area contributed by atoms with Crippen LogP contribution in [0.2, 0.25) is 0 Å². The van der Waals surface area contributed by atoms with E-state index in [4.69, 9.17) is 9.52 Å². The molecule has 1 aromatic carbocycles. The number of carbonyl (C=O) groups is 2. The highest BCUT2D eigenvalue weighted by Gasteiger charge is 2.24. The van der Waals surface area contributed by atoms with E-state index in [9.17, 15) is 9.59 Å². The molecule has 6 heteroatoms. The summed E-state index contributed by atoms with van der Waals surface area (Å²) in [7, 11) is 0. The number of anilines is 1. The molecule has 0 saturated carbocycles. The summed E-state index contributed by atoms with van der Waals surface area (Å²) in [6, 6.07) is 9.86. The molecule has 1 aromatic heterocycles. The van der Waals surface area contributed by atoms with Crippen molar-refractivity contribution in [2.45, 2.75) is 32.2 Å². The van der Waals surface area contributed by atoms with Crippen molar-refractivity contribution in [3.8, 4) is 0 Å². The quantitative estimate of drug-likeness (QED) is 0.728. The van der Waals surface area contributed by atoms with E-state index in [-0.39, 0.29) is 24.2 Å². The predicted octanol–water partition coefficient (Wildman–Crippen LogP) is 2.81. The lowest BCUT2D eigenvalue weighted by molar-refractivity contribution is 0.0885. The number of furan rings is 1. The molecule has 0 radical (unpaired) electrons. The van der Waals surface area contributed by atoms with Gasteiger partial charge in [-0.25, -0.2) is 0 Å². The Morgan fingerprint density at radius 1 is 1.21 bits per heavy atom. The van der Waals surface area contributed by atoms with Crippen LogP contribution in [0.25, 0.3) is 0 Å². The molecule has 24 heavy (non-hydrogen) atoms. The zero-order chi connectivity index (χ0) is 17.6. The molecule has 2 rings (SSSR count). The van der Waals surface area contributed by atoms with Gasteiger partial charge in [0, 0.05) is 23.4 Å². The van der Waals surface area contributed by atoms with Crippen molar-refractivity contribution in [1.82, 2.24) is 5.32 Å². The fourth-order valence-corrected chi connectivity index (χ4v) is 2.26. The Bertz CT molecular complexity index is 697. The first-order valence-corrected chi connectivity index (χ1v) is 7.86. The molecule has 0 aliphatic heterocycles. The van der Waals surface area contributed by atoms with Gasteiger partial charge in [-0.1, -0.05) is 13.0 Å². The van der Waals surface area contributed by atoms with Gasteiger partial charge in [0.05, 0.1) is 6.26 Å². The summed E-state index contributed by atoms with van der Waals surface area (Å²) >= 11 is 0. The molecule has 3 N–H and O–H groups in total. The number of rotatable bonds is 7. The van der Waals surface area contributed by atoms with Crippen LogP contribution in [0, 0.1) is 0 Å². The van der Waals surface area contributed by atoms with E-state index in [1.807, 2.05) is 13.8 Å². The van der Waals surface area contributed by atoms with Gasteiger partial charge in [-0.3, -0.25) is 9.59 Å². The predicted molar refractivity (Wildman–Crippen MR) is 91.0 cm³/mol. The van der Waals surface area contributed by atoms with Crippen molar-refractivity contribution in [3.63, 3.8) is 0 Å². The SMILES string of the molecule is CCC(C)(CCO)NC(=O)c1cccc(NC(=O)c2ccco2)c1. The van der Waals surface area contributed by atoms with Crippen molar-refractivity contribution in [2.75, 3.05) is 11.9 Å². The van der Waals surface area contributed by atoms with Gasteiger partial charge in [-0.05, 0) is 50.1 Å². The van der Waals surface area contributed by atoms with Gasteiger partial charge in [0.15, 0.2) is 5.76 Å². The van der Waals surface area contributed by atoms with Crippen LogP contribution in [0.5, 0.6) is 0 Å². The van der Waals surface area contributed by atoms with Crippen LogP contribution in [0.15, 0.2) is 47.1 Å². The standard InChI is InChI=1S/C18H22N2O4/c1-3-18(2,9-10-21)20-16(22)13-6-4-7-14(12-13)19-17(23)15-8-5-11-24-15/h4-8,11-12,21H,3,9-10H2,1-2H3,(H,19,23)(H,20,22). The third-order valence-corrected chi connectivity index (χ3v) is 3.99. The molecule has 6 nitrogen and oxygen atoms in total. The fourth-order valence-electron chi connectivity index (χ4n) is 2.26. The van der Waals surface area contributed by atoms with Gasteiger partial charge < -0.3 is 20.2 Å². The minimum absolute atomic E-state index is 0.00383. The highest BCUT2D eigenvalue weighted by atomic mass is 16.3. The highest BCUT2D eigenvalue weighted by molar-refractivity contribution is 6.03. The van der Waals surface area contributed by atoms with Crippen molar-refractivity contribution < 1.29 is 19.1 Å². The zero-order valence-corrected chi connectivity index (χ0v) is 13.8. The lowest BCUT2D eigenvalue weighted by Gasteiger charge is -2.29. The van der Waals surface area contributed by atoms with Gasteiger partial charge in [-0.2, -0.15) is 0 Å². The third kappa shape index (κ3) is 4.45. The number of hydrogen-bond donors (Lipinski definition) is 3. The summed E-state index contributed by atoms with van der Waals surface area (Å²) in [6.45, 7) is 3.85. The molecule has 0 saturated heterocycles. The largest absolute Gasteiger partial charge is 0.459 e. The van der Waals surface area contributed by atoms with Crippen LogP contribution in [-0.4, -0.2) is 29.1 Å². The van der Waals surface area contributed by atoms with Gasteiger partial charge in [0.25, 0.3) is 11.8 Å². The Hall–Kier alpha value is -2.60. The molecule has 0 fully saturated rings. The number of amides is 2. The van der Waals surface area contributed by atoms with Gasteiger partial charge in [-0.15, -0.1) is 0 Å². The van der Waals surface area contributed by atoms with E-state index in [0.717, 1.165) is 0 Å². The lowest BCUT2D eigenvalue weighted by atomic mass is 9.94. The van der Waals surface area contributed by atoms with Gasteiger partial charge in [0.2, 0.25) is 0 Å². The molecular formula is C18H22N2O4. The molecule has 1 unspecified atom stereocenters. The maximum absolute atomic E-state index is 12.4. The number of benzene rings is 1. The van der Waals surface area contributed by atoms with Crippen LogP contribution in [0.1, 0.15) is 47.6 Å². The van der Waals surface area contributed by atoms with E-state index in [1.165, 1.54) is 6.26 Å². The number of aliphatic hydroxyl groups is 1. The van der Waals surface area contributed by atoms with E-state index in [1.54, 1.807) is 36.4 Å². The minimum atomic E-state index is -0.473. The molecule has 0 bridgehead atoms. The molecule has 1 atom stereocenters. The summed E-state index contributed by atoms with van der Waals surface area (Å²) < 4.78 is 5.04. The van der Waals surface area contributed by atoms with E-state index in [2.05, 4.69) is 10.6 Å². The Morgan fingerprint density at radius 2 is 2.00 bits per heavy atom. The van der Waals surface area contributed by atoms with Crippen molar-refractivity contribution in [3.05, 3.63) is 54.0 Å². The van der Waals surface area contributed by atoms with Gasteiger partial charge >= 0.3 is 0 Å². The first-order chi connectivity index (χ1) is 11.5. The summed E-state index contributed by atoms with van der Waals surface area (Å²) in [5.74, 6) is -0.426. The fraction of sp³-hybridized carbons (Fsp3) is 0.333. The molecule has 1 heterocycles. The molecule has 0 spiro atoms. The maximum atomic E-state index is 12.4. The number of carbonyl (C=O) groups excluding carboxylic acids is 2. The zero-order valence-electron chi connectivity index (χ0n) is 13.8. The summed E-state index contributed by atoms with van der Waals surface area (Å²) in [5.41, 5.74) is 0.466. The van der Waals surface area contributed by atoms with E-state index < -0.39 is 5.54 Å². The average molecular weight is 330 g/mol. The first kappa shape index (κ1) is 17.7. The van der Waals surface area contributed by atoms with Crippen LogP contribution in [-0.2, 0) is 0 Å². The molecule has 128 valence electrons. The molecule has 2 amide bonds. The Morgan fingerprint density at radius 3 is 2.62 bits per heavy atom. The van der Waals surface area contributed by atoms with E-state index in [0.29, 0.717) is 24.1 Å². The molecule has 2 aromatic rings. The Kier molecular flexibility index (Phi) is 5.76. The summed E-state index contributed by atoms with van der Waals surface area (Å²) in [6.07, 6.45) is 2.60. The van der Waals surface area contributed by atoms with Crippen LogP contribution in [0.3, 0.4) is 0 Å². The third-order valence-electron chi connectivity index (χ3n) is 3.99. The summed E-state index contributed by atoms with van der Waals surface area (Å²) in [4.78, 5) is 24.4. The second-order valence-corrected chi connectivity index (χ2v) is 5.85. The Balaban J connectivity index is 2.09. The lowest BCUT2D eigenvalue weighted by Crippen LogP contribution is -2.46. The van der Waals surface area contributed by atoms with E-state index >= 15 is 0 Å². The molecule has 0 aliphatic rings. The number of nitrogens with one attached hydrogen (secondary N) is 2. The van der Waals surface area contributed by atoms with Crippen LogP contribution >= 0.6 is 0 Å². The van der Waals surface area contributed by atoms with Crippen LogP contribution in [0.4, 0.5) is 5.69 Å². The first-order valence-electron chi connectivity index (χ1n) is 7.86. The van der Waals surface area contributed by atoms with Crippen molar-refractivity contribution in [1.29, 1.82) is 0 Å². The minimum Gasteiger partial charge on any atom is -0.459 e. The number of hydrogen-bond acceptors (Lipinski definition) is 4. The van der Waals surface area contributed by atoms with Gasteiger partial charge in [0.1, 0.15) is 0 Å². The maximum Gasteiger partial charge on any atom is 0.291 e. The normalized spacial score (nSPS) is 13.1. The average Bonchev–Trinajstić information content (AvgIpc) is 3.10. The van der Waals surface area contributed by atoms with Crippen molar-refractivity contribution >= 4 is 17.5 Å².